The fourth-order valence-electron chi connectivity index (χ4n) is 4.32. The number of amides is 1. The van der Waals surface area contributed by atoms with E-state index in [4.69, 9.17) is 11.6 Å². The third kappa shape index (κ3) is 7.51. The molecular weight excluding hydrogens is 589 g/mol. The third-order valence-electron chi connectivity index (χ3n) is 6.65. The Morgan fingerprint density at radius 1 is 1.32 bits per heavy atom. The number of sulfone groups is 1. The van der Waals surface area contributed by atoms with Crippen LogP contribution in [0.1, 0.15) is 50.0 Å². The second-order valence-corrected chi connectivity index (χ2v) is 12.3. The first kappa shape index (κ1) is 31.8. The first-order valence-electron chi connectivity index (χ1n) is 12.2. The molecule has 1 saturated carbocycles. The van der Waals surface area contributed by atoms with Crippen molar-refractivity contribution in [2.45, 2.75) is 75.8 Å². The molecule has 1 amide bonds. The number of rotatable bonds is 10. The number of alkyl halides is 5. The van der Waals surface area contributed by atoms with Crippen LogP contribution in [-0.4, -0.2) is 76.7 Å². The van der Waals surface area contributed by atoms with Gasteiger partial charge >= 0.3 is 12.8 Å². The molecule has 0 aliphatic heterocycles. The van der Waals surface area contributed by atoms with Gasteiger partial charge in [0.25, 0.3) is 5.91 Å². The van der Waals surface area contributed by atoms with Crippen molar-refractivity contribution in [1.29, 1.82) is 0 Å². The number of hydrogen-bond donors (Lipinski definition) is 3. The number of aryl methyl sites for hydroxylation is 1. The van der Waals surface area contributed by atoms with Crippen LogP contribution < -0.4 is 15.4 Å². The minimum atomic E-state index is -4.63. The van der Waals surface area contributed by atoms with Crippen molar-refractivity contribution in [3.63, 3.8) is 0 Å². The summed E-state index contributed by atoms with van der Waals surface area (Å²) < 4.78 is 94.5. The predicted octanol–water partition coefficient (Wildman–Crippen LogP) is 4.03. The van der Waals surface area contributed by atoms with E-state index in [9.17, 15) is 40.3 Å². The van der Waals surface area contributed by atoms with Gasteiger partial charge in [0.15, 0.2) is 5.69 Å². The number of halogens is 6. The Labute approximate surface area is 232 Å². The van der Waals surface area contributed by atoms with Crippen molar-refractivity contribution in [3.8, 4) is 17.0 Å². The predicted molar refractivity (Wildman–Crippen MR) is 136 cm³/mol. The number of anilines is 1. The summed E-state index contributed by atoms with van der Waals surface area (Å²) >= 11 is 6.45. The lowest BCUT2D eigenvalue weighted by Crippen LogP contribution is -2.47. The Bertz CT molecular complexity index is 1330. The van der Waals surface area contributed by atoms with Crippen LogP contribution in [-0.2, 0) is 16.4 Å². The van der Waals surface area contributed by atoms with E-state index in [1.807, 2.05) is 0 Å². The Balaban J connectivity index is 1.86. The van der Waals surface area contributed by atoms with Gasteiger partial charge in [-0.05, 0) is 39.5 Å². The van der Waals surface area contributed by atoms with E-state index < -0.39 is 51.2 Å². The molecule has 40 heavy (non-hydrogen) atoms. The fourth-order valence-corrected chi connectivity index (χ4v) is 5.74. The van der Waals surface area contributed by atoms with Crippen molar-refractivity contribution < 1.29 is 45.0 Å². The topological polar surface area (TPSA) is 135 Å². The van der Waals surface area contributed by atoms with Gasteiger partial charge in [-0.1, -0.05) is 11.6 Å². The maximum Gasteiger partial charge on any atom is 0.408 e. The summed E-state index contributed by atoms with van der Waals surface area (Å²) in [5.74, 6) is -1.74. The summed E-state index contributed by atoms with van der Waals surface area (Å²) in [6.45, 7) is -0.999. The van der Waals surface area contributed by atoms with Crippen LogP contribution in [0.25, 0.3) is 11.3 Å². The van der Waals surface area contributed by atoms with E-state index in [0.717, 1.165) is 25.4 Å². The molecule has 0 saturated heterocycles. The lowest BCUT2D eigenvalue weighted by atomic mass is 9.84. The molecule has 17 heteroatoms. The number of aliphatic hydroxyl groups is 1. The Kier molecular flexibility index (Phi) is 9.56. The molecule has 1 aliphatic rings. The molecule has 10 nitrogen and oxygen atoms in total. The monoisotopic (exact) mass is 617 g/mol. The molecule has 224 valence electrons. The maximum absolute atomic E-state index is 13.2. The van der Waals surface area contributed by atoms with Gasteiger partial charge in [0.2, 0.25) is 0 Å². The zero-order valence-corrected chi connectivity index (χ0v) is 23.3. The number of carbonyl (C=O) groups excluding carboxylic acids is 1. The molecule has 0 radical (unpaired) electrons. The minimum Gasteiger partial charge on any atom is -0.434 e. The molecule has 0 aromatic carbocycles. The molecule has 0 bridgehead atoms. The zero-order chi connectivity index (χ0) is 30.0. The Morgan fingerprint density at radius 2 is 1.95 bits per heavy atom. The van der Waals surface area contributed by atoms with Crippen molar-refractivity contribution in [1.82, 2.24) is 20.1 Å². The van der Waals surface area contributed by atoms with Crippen LogP contribution in [0, 0.1) is 0 Å². The second-order valence-electron chi connectivity index (χ2n) is 9.61. The number of ether oxygens (including phenoxy) is 1. The first-order chi connectivity index (χ1) is 18.4. The van der Waals surface area contributed by atoms with E-state index >= 15 is 0 Å². The van der Waals surface area contributed by atoms with Gasteiger partial charge in [0.05, 0.1) is 27.1 Å². The fraction of sp³-hybridized carbons (Fsp3) is 0.609. The molecular formula is C23H29ClF5N5O5S. The van der Waals surface area contributed by atoms with Crippen molar-refractivity contribution in [3.05, 3.63) is 23.0 Å². The second kappa shape index (κ2) is 12.0. The normalized spacial score (nSPS) is 20.8. The van der Waals surface area contributed by atoms with E-state index in [-0.39, 0.29) is 66.6 Å². The van der Waals surface area contributed by atoms with Gasteiger partial charge in [-0.3, -0.25) is 9.48 Å². The van der Waals surface area contributed by atoms with Crippen LogP contribution in [0.2, 0.25) is 5.02 Å². The number of nitrogens with zero attached hydrogens (tertiary/aromatic N) is 3. The molecule has 3 rings (SSSR count). The van der Waals surface area contributed by atoms with E-state index in [2.05, 4.69) is 25.5 Å². The highest BCUT2D eigenvalue weighted by atomic mass is 35.5. The van der Waals surface area contributed by atoms with Gasteiger partial charge in [0.1, 0.15) is 27.4 Å². The third-order valence-corrected chi connectivity index (χ3v) is 8.69. The Morgan fingerprint density at radius 3 is 2.48 bits per heavy atom. The molecule has 0 unspecified atom stereocenters. The van der Waals surface area contributed by atoms with Crippen LogP contribution in [0.5, 0.6) is 5.75 Å². The summed E-state index contributed by atoms with van der Waals surface area (Å²) in [6.07, 6.45) is -1.78. The van der Waals surface area contributed by atoms with E-state index in [1.165, 1.54) is 4.68 Å². The lowest BCUT2D eigenvalue weighted by molar-refractivity contribution is -0.138. The number of nitrogens with one attached hydrogen (secondary N) is 2. The summed E-state index contributed by atoms with van der Waals surface area (Å²) in [5, 5.41) is 18.7. The number of pyridine rings is 1. The van der Waals surface area contributed by atoms with Gasteiger partial charge in [0, 0.05) is 31.6 Å². The van der Waals surface area contributed by atoms with E-state index in [1.54, 1.807) is 6.92 Å². The average molecular weight is 618 g/mol. The van der Waals surface area contributed by atoms with E-state index in [0.29, 0.717) is 0 Å². The van der Waals surface area contributed by atoms with Gasteiger partial charge in [-0.2, -0.15) is 27.1 Å². The highest BCUT2D eigenvalue weighted by Crippen LogP contribution is 2.39. The summed E-state index contributed by atoms with van der Waals surface area (Å²) in [6, 6.07) is -1.18. The molecule has 1 fully saturated rings. The standard InChI is InChI=1S/C23H29ClF5N5O5S/c1-4-34-19(14-10-30-16(9-15(14)39-21(25)26)32-12(2)23(27,28)29)17(24)18(33-34)20(35)31-11-22(36)7-5-13(6-8-22)40(3,37)38/h9-10,12-13,21,36H,4-8,11H2,1-3H3,(H,30,32)(H,31,35)/t12-,13?,22?/m1/s1. The molecule has 1 atom stereocenters. The zero-order valence-electron chi connectivity index (χ0n) is 21.7. The maximum atomic E-state index is 13.2. The molecule has 3 N–H and O–H groups in total. The Hall–Kier alpha value is -2.72. The number of hydrogen-bond acceptors (Lipinski definition) is 8. The quantitative estimate of drug-likeness (QED) is 0.340. The van der Waals surface area contributed by atoms with Crippen LogP contribution in [0.3, 0.4) is 0 Å². The van der Waals surface area contributed by atoms with Gasteiger partial charge in [-0.25, -0.2) is 13.4 Å². The summed E-state index contributed by atoms with van der Waals surface area (Å²) in [7, 11) is -3.26. The summed E-state index contributed by atoms with van der Waals surface area (Å²) in [4.78, 5) is 16.8. The highest BCUT2D eigenvalue weighted by Gasteiger charge is 2.38. The average Bonchev–Trinajstić information content (AvgIpc) is 3.17. The molecule has 2 heterocycles. The molecule has 2 aromatic rings. The lowest BCUT2D eigenvalue weighted by Gasteiger charge is -2.35. The molecule has 1 aliphatic carbocycles. The van der Waals surface area contributed by atoms with Crippen molar-refractivity contribution >= 4 is 33.2 Å². The highest BCUT2D eigenvalue weighted by molar-refractivity contribution is 7.91. The van der Waals surface area contributed by atoms with Crippen molar-refractivity contribution in [2.75, 3.05) is 18.1 Å². The summed E-state index contributed by atoms with van der Waals surface area (Å²) in [5.41, 5.74) is -1.84. The van der Waals surface area contributed by atoms with Crippen LogP contribution >= 0.6 is 11.6 Å². The minimum absolute atomic E-state index is 0.0414. The number of aromatic nitrogens is 3. The van der Waals surface area contributed by atoms with Gasteiger partial charge < -0.3 is 20.5 Å². The largest absolute Gasteiger partial charge is 0.434 e. The smallest absolute Gasteiger partial charge is 0.408 e. The number of carbonyl (C=O) groups is 1. The van der Waals surface area contributed by atoms with Crippen LogP contribution in [0.15, 0.2) is 12.3 Å². The molecule has 0 spiro atoms. The molecule has 2 aromatic heterocycles. The van der Waals surface area contributed by atoms with Crippen LogP contribution in [0.4, 0.5) is 27.8 Å². The first-order valence-corrected chi connectivity index (χ1v) is 14.5. The van der Waals surface area contributed by atoms with Crippen molar-refractivity contribution in [2.24, 2.45) is 0 Å². The van der Waals surface area contributed by atoms with Gasteiger partial charge in [-0.15, -0.1) is 0 Å². The SMILES string of the molecule is CCn1nc(C(=O)NCC2(O)CCC(S(C)(=O)=O)CC2)c(Cl)c1-c1cnc(N[C@H](C)C(F)(F)F)cc1OC(F)F.